The van der Waals surface area contributed by atoms with Crippen LogP contribution in [-0.2, 0) is 11.2 Å². The average Bonchev–Trinajstić information content (AvgIpc) is 2.60. The molecule has 3 rings (SSSR count). The number of aryl methyl sites for hydroxylation is 1. The zero-order valence-corrected chi connectivity index (χ0v) is 15.2. The van der Waals surface area contributed by atoms with E-state index < -0.39 is 0 Å². The molecule has 2 aliphatic heterocycles. The molecule has 0 unspecified atom stereocenters. The highest BCUT2D eigenvalue weighted by Crippen LogP contribution is 2.27. The highest BCUT2D eigenvalue weighted by Gasteiger charge is 2.22. The Labute approximate surface area is 145 Å². The van der Waals surface area contributed by atoms with Crippen molar-refractivity contribution in [2.45, 2.75) is 31.7 Å². The first-order chi connectivity index (χ1) is 11.5. The van der Waals surface area contributed by atoms with E-state index >= 15 is 0 Å². The number of piperidine rings is 1. The molecule has 1 aromatic rings. The molecule has 1 saturated heterocycles. The van der Waals surface area contributed by atoms with E-state index in [0.29, 0.717) is 6.04 Å². The van der Waals surface area contributed by atoms with E-state index in [1.807, 2.05) is 18.0 Å². The second-order valence-corrected chi connectivity index (χ2v) is 7.23. The molecular formula is C20H29N3O. The zero-order valence-electron chi connectivity index (χ0n) is 15.2. The zero-order chi connectivity index (χ0) is 17.1. The molecule has 1 fully saturated rings. The van der Waals surface area contributed by atoms with Gasteiger partial charge in [-0.1, -0.05) is 6.07 Å². The number of amides is 1. The minimum Gasteiger partial charge on any atom is -0.374 e. The number of likely N-dealkylation sites (tertiary alicyclic amines) is 1. The second kappa shape index (κ2) is 7.39. The van der Waals surface area contributed by atoms with Crippen LogP contribution in [-0.4, -0.2) is 62.5 Å². The van der Waals surface area contributed by atoms with Gasteiger partial charge >= 0.3 is 0 Å². The SMILES string of the molecule is CN1CCC(N(C)C(=O)/C=C\c2ccc3c(c2)CCCN3C)CC1. The molecule has 0 saturated carbocycles. The molecule has 4 heteroatoms. The van der Waals surface area contributed by atoms with Crippen LogP contribution in [0.5, 0.6) is 0 Å². The van der Waals surface area contributed by atoms with Crippen LogP contribution in [0.3, 0.4) is 0 Å². The van der Waals surface area contributed by atoms with Crippen LogP contribution in [0.25, 0.3) is 6.08 Å². The summed E-state index contributed by atoms with van der Waals surface area (Å²) in [7, 11) is 6.23. The molecule has 2 aliphatic rings. The van der Waals surface area contributed by atoms with E-state index in [-0.39, 0.29) is 5.91 Å². The summed E-state index contributed by atoms with van der Waals surface area (Å²) in [6, 6.07) is 6.89. The van der Waals surface area contributed by atoms with E-state index in [1.54, 1.807) is 6.08 Å². The van der Waals surface area contributed by atoms with Crippen LogP contribution in [0.1, 0.15) is 30.4 Å². The molecule has 0 N–H and O–H groups in total. The summed E-state index contributed by atoms with van der Waals surface area (Å²) < 4.78 is 0. The number of anilines is 1. The van der Waals surface area contributed by atoms with Gasteiger partial charge in [-0.25, -0.2) is 0 Å². The van der Waals surface area contributed by atoms with E-state index in [0.717, 1.165) is 44.5 Å². The van der Waals surface area contributed by atoms with Crippen LogP contribution in [0.4, 0.5) is 5.69 Å². The summed E-state index contributed by atoms with van der Waals surface area (Å²) in [6.07, 6.45) is 8.16. The fourth-order valence-corrected chi connectivity index (χ4v) is 3.76. The summed E-state index contributed by atoms with van der Waals surface area (Å²) in [5.41, 5.74) is 3.84. The van der Waals surface area contributed by atoms with Gasteiger partial charge in [-0.05, 0) is 75.2 Å². The van der Waals surface area contributed by atoms with Gasteiger partial charge in [-0.15, -0.1) is 0 Å². The Morgan fingerprint density at radius 1 is 1.21 bits per heavy atom. The lowest BCUT2D eigenvalue weighted by molar-refractivity contribution is -0.127. The summed E-state index contributed by atoms with van der Waals surface area (Å²) >= 11 is 0. The van der Waals surface area contributed by atoms with E-state index in [4.69, 9.17) is 0 Å². The molecule has 0 aliphatic carbocycles. The molecule has 1 amide bonds. The molecule has 0 radical (unpaired) electrons. The Bertz CT molecular complexity index is 617. The summed E-state index contributed by atoms with van der Waals surface area (Å²) in [5, 5.41) is 0. The van der Waals surface area contributed by atoms with Crippen LogP contribution >= 0.6 is 0 Å². The van der Waals surface area contributed by atoms with Crippen LogP contribution in [0.15, 0.2) is 24.3 Å². The number of hydrogen-bond acceptors (Lipinski definition) is 3. The molecule has 0 atom stereocenters. The number of fused-ring (bicyclic) bond motifs is 1. The maximum atomic E-state index is 12.5. The number of likely N-dealkylation sites (N-methyl/N-ethyl adjacent to an activating group) is 1. The summed E-state index contributed by atoms with van der Waals surface area (Å²) in [4.78, 5) is 19.0. The first-order valence-corrected chi connectivity index (χ1v) is 9.02. The average molecular weight is 327 g/mol. The maximum absolute atomic E-state index is 12.5. The van der Waals surface area contributed by atoms with Crippen LogP contribution in [0.2, 0.25) is 0 Å². The Hall–Kier alpha value is -1.81. The van der Waals surface area contributed by atoms with Crippen molar-refractivity contribution in [2.24, 2.45) is 0 Å². The molecule has 0 bridgehead atoms. The van der Waals surface area contributed by atoms with Crippen molar-refractivity contribution < 1.29 is 4.79 Å². The number of hydrogen-bond donors (Lipinski definition) is 0. The first kappa shape index (κ1) is 17.0. The Morgan fingerprint density at radius 2 is 1.96 bits per heavy atom. The predicted octanol–water partition coefficient (Wildman–Crippen LogP) is 2.63. The molecule has 130 valence electrons. The topological polar surface area (TPSA) is 26.8 Å². The summed E-state index contributed by atoms with van der Waals surface area (Å²) in [6.45, 7) is 3.27. The molecule has 1 aromatic carbocycles. The minimum absolute atomic E-state index is 0.111. The van der Waals surface area contributed by atoms with Gasteiger partial charge in [-0.2, -0.15) is 0 Å². The maximum Gasteiger partial charge on any atom is 0.246 e. The molecule has 0 aromatic heterocycles. The van der Waals surface area contributed by atoms with E-state index in [2.05, 4.69) is 42.1 Å². The van der Waals surface area contributed by atoms with Crippen molar-refractivity contribution in [1.29, 1.82) is 0 Å². The molecule has 0 spiro atoms. The van der Waals surface area contributed by atoms with E-state index in [1.165, 1.54) is 17.7 Å². The fourth-order valence-electron chi connectivity index (χ4n) is 3.76. The third-order valence-electron chi connectivity index (χ3n) is 5.46. The van der Waals surface area contributed by atoms with Crippen molar-refractivity contribution in [3.63, 3.8) is 0 Å². The van der Waals surface area contributed by atoms with Gasteiger partial charge in [0.1, 0.15) is 0 Å². The van der Waals surface area contributed by atoms with Crippen molar-refractivity contribution in [1.82, 2.24) is 9.80 Å². The predicted molar refractivity (Wildman–Crippen MR) is 100 cm³/mol. The van der Waals surface area contributed by atoms with Gasteiger partial charge in [0.05, 0.1) is 0 Å². The van der Waals surface area contributed by atoms with Crippen LogP contribution < -0.4 is 4.90 Å². The van der Waals surface area contributed by atoms with Crippen molar-refractivity contribution in [3.8, 4) is 0 Å². The smallest absolute Gasteiger partial charge is 0.246 e. The van der Waals surface area contributed by atoms with Gasteiger partial charge in [0, 0.05) is 38.4 Å². The largest absolute Gasteiger partial charge is 0.374 e. The number of carbonyl (C=O) groups is 1. The highest BCUT2D eigenvalue weighted by molar-refractivity contribution is 5.92. The molecule has 4 nitrogen and oxygen atoms in total. The van der Waals surface area contributed by atoms with E-state index in [9.17, 15) is 4.79 Å². The van der Waals surface area contributed by atoms with Crippen molar-refractivity contribution in [2.75, 3.05) is 45.7 Å². The standard InChI is InChI=1S/C20H29N3O/c1-21-13-10-18(11-14-21)23(3)20(24)9-7-16-6-8-19-17(15-16)5-4-12-22(19)2/h6-9,15,18H,4-5,10-14H2,1-3H3/b9-7-. The number of benzene rings is 1. The molecular weight excluding hydrogens is 298 g/mol. The number of nitrogens with zero attached hydrogens (tertiary/aromatic N) is 3. The van der Waals surface area contributed by atoms with Crippen molar-refractivity contribution >= 4 is 17.7 Å². The lowest BCUT2D eigenvalue weighted by Gasteiger charge is -2.34. The monoisotopic (exact) mass is 327 g/mol. The lowest BCUT2D eigenvalue weighted by Crippen LogP contribution is -2.43. The van der Waals surface area contributed by atoms with Crippen molar-refractivity contribution in [3.05, 3.63) is 35.4 Å². The first-order valence-electron chi connectivity index (χ1n) is 9.02. The third-order valence-corrected chi connectivity index (χ3v) is 5.46. The highest BCUT2D eigenvalue weighted by atomic mass is 16.2. The minimum atomic E-state index is 0.111. The quantitative estimate of drug-likeness (QED) is 0.799. The normalized spacial score (nSPS) is 19.5. The third kappa shape index (κ3) is 3.81. The van der Waals surface area contributed by atoms with Crippen LogP contribution in [0, 0.1) is 0 Å². The molecule has 24 heavy (non-hydrogen) atoms. The van der Waals surface area contributed by atoms with Gasteiger partial charge in [0.25, 0.3) is 0 Å². The summed E-state index contributed by atoms with van der Waals surface area (Å²) in [5.74, 6) is 0.111. The molecule has 2 heterocycles. The van der Waals surface area contributed by atoms with Gasteiger partial charge in [0.15, 0.2) is 0 Å². The Kier molecular flexibility index (Phi) is 5.24. The van der Waals surface area contributed by atoms with Gasteiger partial charge in [0.2, 0.25) is 5.91 Å². The lowest BCUT2D eigenvalue weighted by atomic mass is 9.99. The Morgan fingerprint density at radius 3 is 2.71 bits per heavy atom. The second-order valence-electron chi connectivity index (χ2n) is 7.23. The number of carbonyl (C=O) groups excluding carboxylic acids is 1. The number of rotatable bonds is 3. The Balaban J connectivity index is 1.63. The fraction of sp³-hybridized carbons (Fsp3) is 0.550. The van der Waals surface area contributed by atoms with Gasteiger partial charge in [-0.3, -0.25) is 4.79 Å². The van der Waals surface area contributed by atoms with Gasteiger partial charge < -0.3 is 14.7 Å².